The van der Waals surface area contributed by atoms with Crippen molar-refractivity contribution in [2.75, 3.05) is 0 Å². The lowest BCUT2D eigenvalue weighted by Gasteiger charge is -2.22. The van der Waals surface area contributed by atoms with Crippen LogP contribution in [0.25, 0.3) is 0 Å². The number of fused-ring (bicyclic) bond motifs is 1. The first-order valence-corrected chi connectivity index (χ1v) is 6.89. The zero-order chi connectivity index (χ0) is 11.2. The summed E-state index contributed by atoms with van der Waals surface area (Å²) >= 11 is 1.77. The molecule has 1 saturated carbocycles. The normalized spacial score (nSPS) is 22.2. The van der Waals surface area contributed by atoms with Gasteiger partial charge in [0.2, 0.25) is 0 Å². The molecule has 0 atom stereocenters. The van der Waals surface area contributed by atoms with Crippen LogP contribution in [0.1, 0.15) is 47.4 Å². The first-order valence-electron chi connectivity index (χ1n) is 6.08. The van der Waals surface area contributed by atoms with Crippen LogP contribution in [0.5, 0.6) is 0 Å². The van der Waals surface area contributed by atoms with Crippen molar-refractivity contribution in [2.24, 2.45) is 0 Å². The van der Waals surface area contributed by atoms with Gasteiger partial charge in [0.25, 0.3) is 0 Å². The lowest BCUT2D eigenvalue weighted by Crippen LogP contribution is -2.31. The van der Waals surface area contributed by atoms with Crippen LogP contribution in [0.15, 0.2) is 6.07 Å². The molecule has 1 N–H and O–H groups in total. The number of carboxylic acids is 1. The van der Waals surface area contributed by atoms with Crippen LogP contribution in [0.4, 0.5) is 0 Å². The van der Waals surface area contributed by atoms with Crippen LogP contribution in [0.3, 0.4) is 0 Å². The molecule has 0 aromatic carbocycles. The molecule has 2 aliphatic rings. The number of aryl methyl sites for hydroxylation is 2. The summed E-state index contributed by atoms with van der Waals surface area (Å²) in [5.74, 6) is -0.607. The van der Waals surface area contributed by atoms with Crippen molar-refractivity contribution in [3.8, 4) is 0 Å². The van der Waals surface area contributed by atoms with E-state index in [2.05, 4.69) is 6.07 Å². The smallest absolute Gasteiger partial charge is 0.314 e. The fourth-order valence-corrected chi connectivity index (χ4v) is 4.60. The maximum absolute atomic E-state index is 11.6. The van der Waals surface area contributed by atoms with Gasteiger partial charge < -0.3 is 5.11 Å². The van der Waals surface area contributed by atoms with Crippen LogP contribution in [0, 0.1) is 0 Å². The summed E-state index contributed by atoms with van der Waals surface area (Å²) in [4.78, 5) is 14.1. The molecule has 1 aromatic rings. The molecule has 0 bridgehead atoms. The predicted octanol–water partition coefficient (Wildman–Crippen LogP) is 3.13. The molecule has 0 saturated heterocycles. The SMILES string of the molecule is O=C(O)C1(c2cc3c(s2)CCC3)CCCC1. The van der Waals surface area contributed by atoms with Crippen molar-refractivity contribution in [3.05, 3.63) is 21.4 Å². The molecule has 3 rings (SSSR count). The Morgan fingerprint density at radius 1 is 1.25 bits per heavy atom. The summed E-state index contributed by atoms with van der Waals surface area (Å²) < 4.78 is 0. The molecule has 0 aliphatic heterocycles. The third-order valence-electron chi connectivity index (χ3n) is 4.08. The lowest BCUT2D eigenvalue weighted by atomic mass is 9.84. The van der Waals surface area contributed by atoms with E-state index in [9.17, 15) is 9.90 Å². The van der Waals surface area contributed by atoms with Crippen molar-refractivity contribution >= 4 is 17.3 Å². The van der Waals surface area contributed by atoms with E-state index in [1.54, 1.807) is 11.3 Å². The minimum absolute atomic E-state index is 0.533. The molecule has 1 fully saturated rings. The summed E-state index contributed by atoms with van der Waals surface area (Å²) in [5.41, 5.74) is 0.891. The fraction of sp³-hybridized carbons (Fsp3) is 0.615. The van der Waals surface area contributed by atoms with Gasteiger partial charge in [-0.05, 0) is 43.7 Å². The standard InChI is InChI=1S/C13H16O2S/c14-12(15)13(6-1-2-7-13)11-8-9-4-3-5-10(9)16-11/h8H,1-7H2,(H,14,15). The van der Waals surface area contributed by atoms with Crippen molar-refractivity contribution in [2.45, 2.75) is 50.4 Å². The molecule has 0 radical (unpaired) electrons. The van der Waals surface area contributed by atoms with E-state index in [4.69, 9.17) is 0 Å². The van der Waals surface area contributed by atoms with E-state index in [0.29, 0.717) is 0 Å². The van der Waals surface area contributed by atoms with Gasteiger partial charge in [-0.15, -0.1) is 11.3 Å². The summed E-state index contributed by atoms with van der Waals surface area (Å²) in [5, 5.41) is 9.51. The Bertz CT molecular complexity index is 406. The predicted molar refractivity (Wildman–Crippen MR) is 64.1 cm³/mol. The van der Waals surface area contributed by atoms with Gasteiger partial charge in [0, 0.05) is 9.75 Å². The van der Waals surface area contributed by atoms with E-state index in [-0.39, 0.29) is 0 Å². The number of thiophene rings is 1. The maximum Gasteiger partial charge on any atom is 0.314 e. The third-order valence-corrected chi connectivity index (χ3v) is 5.53. The average Bonchev–Trinajstić information content (AvgIpc) is 2.92. The first-order chi connectivity index (χ1) is 7.72. The highest BCUT2D eigenvalue weighted by atomic mass is 32.1. The molecule has 1 heterocycles. The first kappa shape index (κ1) is 10.3. The summed E-state index contributed by atoms with van der Waals surface area (Å²) in [7, 11) is 0. The van der Waals surface area contributed by atoms with Gasteiger partial charge in [-0.2, -0.15) is 0 Å². The summed E-state index contributed by atoms with van der Waals surface area (Å²) in [6, 6.07) is 2.19. The number of rotatable bonds is 2. The van der Waals surface area contributed by atoms with E-state index in [1.165, 1.54) is 16.9 Å². The molecular formula is C13H16O2S. The molecular weight excluding hydrogens is 220 g/mol. The lowest BCUT2D eigenvalue weighted by molar-refractivity contribution is -0.143. The van der Waals surface area contributed by atoms with Crippen molar-refractivity contribution < 1.29 is 9.90 Å². The van der Waals surface area contributed by atoms with Crippen molar-refractivity contribution in [1.82, 2.24) is 0 Å². The Morgan fingerprint density at radius 3 is 2.62 bits per heavy atom. The van der Waals surface area contributed by atoms with Crippen LogP contribution in [0.2, 0.25) is 0 Å². The molecule has 16 heavy (non-hydrogen) atoms. The number of hydrogen-bond acceptors (Lipinski definition) is 2. The quantitative estimate of drug-likeness (QED) is 0.856. The Hall–Kier alpha value is -0.830. The average molecular weight is 236 g/mol. The Kier molecular flexibility index (Phi) is 2.32. The second kappa shape index (κ2) is 3.59. The zero-order valence-electron chi connectivity index (χ0n) is 9.29. The summed E-state index contributed by atoms with van der Waals surface area (Å²) in [6.07, 6.45) is 7.37. The van der Waals surface area contributed by atoms with Gasteiger partial charge in [0.05, 0.1) is 0 Å². The number of aliphatic carboxylic acids is 1. The van der Waals surface area contributed by atoms with Crippen LogP contribution < -0.4 is 0 Å². The maximum atomic E-state index is 11.6. The van der Waals surface area contributed by atoms with Gasteiger partial charge >= 0.3 is 5.97 Å². The molecule has 86 valence electrons. The highest BCUT2D eigenvalue weighted by Gasteiger charge is 2.44. The Morgan fingerprint density at radius 2 is 2.00 bits per heavy atom. The summed E-state index contributed by atoms with van der Waals surface area (Å²) in [6.45, 7) is 0. The second-order valence-electron chi connectivity index (χ2n) is 5.01. The number of carboxylic acid groups (broad SMARTS) is 1. The van der Waals surface area contributed by atoms with E-state index >= 15 is 0 Å². The Balaban J connectivity index is 2.03. The number of carbonyl (C=O) groups is 1. The minimum atomic E-state index is -0.607. The third kappa shape index (κ3) is 1.34. The van der Waals surface area contributed by atoms with Gasteiger partial charge in [-0.1, -0.05) is 12.8 Å². The highest BCUT2D eigenvalue weighted by Crippen LogP contribution is 2.46. The zero-order valence-corrected chi connectivity index (χ0v) is 10.1. The molecule has 3 heteroatoms. The minimum Gasteiger partial charge on any atom is -0.481 e. The topological polar surface area (TPSA) is 37.3 Å². The highest BCUT2D eigenvalue weighted by molar-refractivity contribution is 7.12. The molecule has 2 aliphatic carbocycles. The molecule has 1 aromatic heterocycles. The second-order valence-corrected chi connectivity index (χ2v) is 6.14. The molecule has 0 spiro atoms. The number of hydrogen-bond donors (Lipinski definition) is 1. The molecule has 0 amide bonds. The van der Waals surface area contributed by atoms with E-state index in [0.717, 1.165) is 43.4 Å². The molecule has 2 nitrogen and oxygen atoms in total. The van der Waals surface area contributed by atoms with Gasteiger partial charge in [-0.25, -0.2) is 0 Å². The fourth-order valence-electron chi connectivity index (χ4n) is 3.11. The van der Waals surface area contributed by atoms with Gasteiger partial charge in [0.1, 0.15) is 5.41 Å². The van der Waals surface area contributed by atoms with Crippen molar-refractivity contribution in [3.63, 3.8) is 0 Å². The van der Waals surface area contributed by atoms with E-state index in [1.807, 2.05) is 0 Å². The van der Waals surface area contributed by atoms with Gasteiger partial charge in [-0.3, -0.25) is 4.79 Å². The van der Waals surface area contributed by atoms with Crippen LogP contribution >= 0.6 is 11.3 Å². The molecule has 0 unspecified atom stereocenters. The van der Waals surface area contributed by atoms with Crippen molar-refractivity contribution in [1.29, 1.82) is 0 Å². The Labute approximate surface area is 99.3 Å². The largest absolute Gasteiger partial charge is 0.481 e. The van der Waals surface area contributed by atoms with Crippen LogP contribution in [-0.2, 0) is 23.1 Å². The van der Waals surface area contributed by atoms with Crippen LogP contribution in [-0.4, -0.2) is 11.1 Å². The van der Waals surface area contributed by atoms with Gasteiger partial charge in [0.15, 0.2) is 0 Å². The monoisotopic (exact) mass is 236 g/mol. The van der Waals surface area contributed by atoms with E-state index < -0.39 is 11.4 Å².